The fourth-order valence-electron chi connectivity index (χ4n) is 2.79. The molecule has 2 aliphatic heterocycles. The smallest absolute Gasteiger partial charge is 0.284 e. The zero-order valence-corrected chi connectivity index (χ0v) is 12.5. The van der Waals surface area contributed by atoms with E-state index in [1.165, 1.54) is 0 Å². The summed E-state index contributed by atoms with van der Waals surface area (Å²) in [6, 6.07) is 17.7. The largest absolute Gasteiger partial charge is 0.368 e. The number of aromatic nitrogens is 3. The first-order valence-electron chi connectivity index (χ1n) is 7.28. The Labute approximate surface area is 132 Å². The van der Waals surface area contributed by atoms with Gasteiger partial charge in [0.05, 0.1) is 11.1 Å². The molecular weight excluding hydrogens is 288 g/mol. The van der Waals surface area contributed by atoms with Gasteiger partial charge in [0, 0.05) is 5.69 Å². The Morgan fingerprint density at radius 2 is 1.74 bits per heavy atom. The number of rotatable bonds is 1. The highest BCUT2D eigenvalue weighted by molar-refractivity contribution is 5.87. The van der Waals surface area contributed by atoms with Crippen molar-refractivity contribution in [1.82, 2.24) is 14.5 Å². The molecule has 0 bridgehead atoms. The van der Waals surface area contributed by atoms with E-state index in [0.717, 1.165) is 22.2 Å². The Morgan fingerprint density at radius 3 is 2.52 bits per heavy atom. The van der Waals surface area contributed by atoms with Crippen molar-refractivity contribution in [3.05, 3.63) is 70.5 Å². The molecule has 0 atom stereocenters. The van der Waals surface area contributed by atoms with E-state index < -0.39 is 0 Å². The van der Waals surface area contributed by atoms with Gasteiger partial charge < -0.3 is 5.73 Å². The third kappa shape index (κ3) is 2.14. The summed E-state index contributed by atoms with van der Waals surface area (Å²) in [4.78, 5) is 20.3. The molecule has 2 aromatic carbocycles. The lowest BCUT2D eigenvalue weighted by Gasteiger charge is -2.18. The quantitative estimate of drug-likeness (QED) is 0.549. The van der Waals surface area contributed by atoms with Gasteiger partial charge in [-0.05, 0) is 36.6 Å². The van der Waals surface area contributed by atoms with Crippen molar-refractivity contribution in [2.45, 2.75) is 6.92 Å². The van der Waals surface area contributed by atoms with Crippen LogP contribution in [0.5, 0.6) is 0 Å². The summed E-state index contributed by atoms with van der Waals surface area (Å²) in [6.07, 6.45) is 0. The van der Waals surface area contributed by atoms with E-state index in [2.05, 4.69) is 9.97 Å². The molecule has 0 saturated carbocycles. The van der Waals surface area contributed by atoms with E-state index in [9.17, 15) is 4.79 Å². The number of pyridine rings is 1. The van der Waals surface area contributed by atoms with Crippen molar-refractivity contribution >= 4 is 16.9 Å². The van der Waals surface area contributed by atoms with Gasteiger partial charge in [-0.15, -0.1) is 0 Å². The van der Waals surface area contributed by atoms with Crippen LogP contribution in [-0.2, 0) is 0 Å². The topological polar surface area (TPSA) is 73.8 Å². The number of nitrogens with two attached hydrogens (primary N) is 1. The molecule has 0 aromatic heterocycles. The predicted octanol–water partition coefficient (Wildman–Crippen LogP) is 2.78. The number of hydrogen-bond donors (Lipinski definition) is 1. The van der Waals surface area contributed by atoms with Crippen LogP contribution in [-0.4, -0.2) is 14.5 Å². The van der Waals surface area contributed by atoms with Crippen LogP contribution in [0.15, 0.2) is 59.4 Å². The van der Waals surface area contributed by atoms with Crippen LogP contribution in [0.1, 0.15) is 5.56 Å². The van der Waals surface area contributed by atoms with E-state index in [1.54, 1.807) is 0 Å². The van der Waals surface area contributed by atoms with Gasteiger partial charge in [0.2, 0.25) is 5.95 Å². The molecule has 4 rings (SSSR count). The summed E-state index contributed by atoms with van der Waals surface area (Å²) >= 11 is 0. The SMILES string of the molecule is Cc1ccc(-n2c3nc(N)nc(=O)c-3cc3ccccc32)cc1. The fourth-order valence-corrected chi connectivity index (χ4v) is 2.79. The van der Waals surface area contributed by atoms with Crippen molar-refractivity contribution in [3.8, 4) is 17.1 Å². The maximum Gasteiger partial charge on any atom is 0.284 e. The number of aryl methyl sites for hydroxylation is 1. The number of para-hydroxylation sites is 1. The Kier molecular flexibility index (Phi) is 2.87. The maximum atomic E-state index is 12.2. The first kappa shape index (κ1) is 13.5. The molecule has 0 aliphatic carbocycles. The summed E-state index contributed by atoms with van der Waals surface area (Å²) in [5.41, 5.74) is 8.85. The first-order chi connectivity index (χ1) is 11.1. The van der Waals surface area contributed by atoms with E-state index in [1.807, 2.05) is 66.1 Å². The van der Waals surface area contributed by atoms with Crippen LogP contribution in [0.3, 0.4) is 0 Å². The number of hydrogen-bond acceptors (Lipinski definition) is 4. The molecule has 0 fully saturated rings. The molecule has 2 aromatic rings. The second-order valence-corrected chi connectivity index (χ2v) is 5.50. The maximum absolute atomic E-state index is 12.2. The number of benzene rings is 2. The van der Waals surface area contributed by atoms with Crippen LogP contribution in [0.2, 0.25) is 0 Å². The number of nitrogens with zero attached hydrogens (tertiary/aromatic N) is 3. The average molecular weight is 302 g/mol. The van der Waals surface area contributed by atoms with Crippen LogP contribution in [0.25, 0.3) is 28.0 Å². The monoisotopic (exact) mass is 302 g/mol. The second kappa shape index (κ2) is 4.91. The van der Waals surface area contributed by atoms with E-state index in [4.69, 9.17) is 5.73 Å². The van der Waals surface area contributed by atoms with Crippen LogP contribution >= 0.6 is 0 Å². The highest BCUT2D eigenvalue weighted by atomic mass is 16.1. The fraction of sp³-hybridized carbons (Fsp3) is 0.0556. The van der Waals surface area contributed by atoms with Crippen molar-refractivity contribution in [2.24, 2.45) is 0 Å². The highest BCUT2D eigenvalue weighted by Gasteiger charge is 2.18. The Morgan fingerprint density at radius 1 is 1.00 bits per heavy atom. The number of anilines is 1. The molecule has 0 spiro atoms. The van der Waals surface area contributed by atoms with Crippen molar-refractivity contribution < 1.29 is 0 Å². The van der Waals surface area contributed by atoms with Crippen LogP contribution in [0.4, 0.5) is 5.95 Å². The van der Waals surface area contributed by atoms with Crippen molar-refractivity contribution in [3.63, 3.8) is 0 Å². The van der Waals surface area contributed by atoms with Gasteiger partial charge in [-0.2, -0.15) is 9.97 Å². The molecule has 2 N–H and O–H groups in total. The molecule has 0 radical (unpaired) electrons. The van der Waals surface area contributed by atoms with Gasteiger partial charge in [0.25, 0.3) is 5.56 Å². The van der Waals surface area contributed by atoms with E-state index in [0.29, 0.717) is 11.4 Å². The predicted molar refractivity (Wildman–Crippen MR) is 90.9 cm³/mol. The normalized spacial score (nSPS) is 11.2. The average Bonchev–Trinajstić information content (AvgIpc) is 2.54. The standard InChI is InChI=1S/C18H14N4O/c1-11-6-8-13(9-7-11)22-15-5-3-2-4-12(15)10-14-16(22)20-18(19)21-17(14)23/h2-10H,1H3,(H2,19,21,23). The minimum atomic E-state index is -0.362. The lowest BCUT2D eigenvalue weighted by molar-refractivity contribution is 1.01. The molecular formula is C18H14N4O. The van der Waals surface area contributed by atoms with Gasteiger partial charge in [-0.25, -0.2) is 0 Å². The van der Waals surface area contributed by atoms with Gasteiger partial charge in [0.15, 0.2) is 5.82 Å². The Bertz CT molecular complexity index is 1050. The number of fused-ring (bicyclic) bond motifs is 2. The third-order valence-corrected chi connectivity index (χ3v) is 3.89. The van der Waals surface area contributed by atoms with E-state index >= 15 is 0 Å². The molecule has 5 heteroatoms. The molecule has 112 valence electrons. The van der Waals surface area contributed by atoms with Gasteiger partial charge in [-0.1, -0.05) is 35.9 Å². The molecule has 0 amide bonds. The summed E-state index contributed by atoms with van der Waals surface area (Å²) in [5.74, 6) is 0.503. The molecule has 2 heterocycles. The third-order valence-electron chi connectivity index (χ3n) is 3.89. The summed E-state index contributed by atoms with van der Waals surface area (Å²) < 4.78 is 1.95. The van der Waals surface area contributed by atoms with E-state index in [-0.39, 0.29) is 11.5 Å². The van der Waals surface area contributed by atoms with Gasteiger partial charge in [0.1, 0.15) is 0 Å². The first-order valence-corrected chi connectivity index (χ1v) is 7.28. The molecule has 0 unspecified atom stereocenters. The molecule has 5 nitrogen and oxygen atoms in total. The zero-order chi connectivity index (χ0) is 16.0. The highest BCUT2D eigenvalue weighted by Crippen LogP contribution is 2.28. The molecule has 23 heavy (non-hydrogen) atoms. The summed E-state index contributed by atoms with van der Waals surface area (Å²) in [5, 5.41) is 0.950. The lowest BCUT2D eigenvalue weighted by atomic mass is 10.1. The summed E-state index contributed by atoms with van der Waals surface area (Å²) in [7, 11) is 0. The minimum Gasteiger partial charge on any atom is -0.368 e. The Balaban J connectivity index is 2.21. The van der Waals surface area contributed by atoms with Crippen LogP contribution in [0, 0.1) is 6.92 Å². The Hall–Kier alpha value is -3.21. The van der Waals surface area contributed by atoms with Gasteiger partial charge in [-0.3, -0.25) is 9.36 Å². The molecule has 0 saturated heterocycles. The van der Waals surface area contributed by atoms with Gasteiger partial charge >= 0.3 is 0 Å². The second-order valence-electron chi connectivity index (χ2n) is 5.50. The van der Waals surface area contributed by atoms with Crippen molar-refractivity contribution in [1.29, 1.82) is 0 Å². The zero-order valence-electron chi connectivity index (χ0n) is 12.5. The molecule has 2 aliphatic rings. The number of nitrogen functional groups attached to an aromatic ring is 1. The summed E-state index contributed by atoms with van der Waals surface area (Å²) in [6.45, 7) is 2.03. The van der Waals surface area contributed by atoms with Crippen LogP contribution < -0.4 is 11.3 Å². The minimum absolute atomic E-state index is 0.0151. The van der Waals surface area contributed by atoms with Crippen molar-refractivity contribution in [2.75, 3.05) is 5.73 Å². The lowest BCUT2D eigenvalue weighted by Crippen LogP contribution is -2.19.